The Bertz CT molecular complexity index is 669. The average molecular weight is 324 g/mol. The molecule has 0 heterocycles. The van der Waals surface area contributed by atoms with E-state index in [4.69, 9.17) is 8.92 Å². The lowest BCUT2D eigenvalue weighted by molar-refractivity contribution is 0.413. The zero-order chi connectivity index (χ0) is 15.1. The molecular weight excluding hydrogens is 308 g/mol. The molecule has 2 aromatic carbocycles. The molecule has 0 spiro atoms. The molecule has 0 unspecified atom stereocenters. The zero-order valence-corrected chi connectivity index (χ0v) is 13.2. The van der Waals surface area contributed by atoms with E-state index in [1.54, 1.807) is 37.4 Å². The highest BCUT2D eigenvalue weighted by Gasteiger charge is 2.12. The summed E-state index contributed by atoms with van der Waals surface area (Å²) >= 11 is 1.45. The van der Waals surface area contributed by atoms with Gasteiger partial charge < -0.3 is 8.92 Å². The van der Waals surface area contributed by atoms with Crippen LogP contribution in [0.1, 0.15) is 0 Å². The summed E-state index contributed by atoms with van der Waals surface area (Å²) < 4.78 is 33.8. The molecule has 0 radical (unpaired) electrons. The third-order valence-corrected chi connectivity index (χ3v) is 5.01. The highest BCUT2D eigenvalue weighted by Crippen LogP contribution is 2.23. The van der Waals surface area contributed by atoms with Gasteiger partial charge in [-0.1, -0.05) is 24.3 Å². The van der Waals surface area contributed by atoms with Gasteiger partial charge in [-0.15, -0.1) is 11.8 Å². The highest BCUT2D eigenvalue weighted by molar-refractivity contribution is 8.00. The van der Waals surface area contributed by atoms with Gasteiger partial charge in [-0.05, 0) is 30.3 Å². The van der Waals surface area contributed by atoms with Crippen molar-refractivity contribution in [2.75, 3.05) is 18.6 Å². The van der Waals surface area contributed by atoms with Gasteiger partial charge in [0.25, 0.3) is 0 Å². The SMILES string of the molecule is COc1cccc(SCCS(=O)(=O)Oc2ccccc2)c1. The van der Waals surface area contributed by atoms with Crippen molar-refractivity contribution in [1.82, 2.24) is 0 Å². The Labute approximate surface area is 129 Å². The fraction of sp³-hybridized carbons (Fsp3) is 0.200. The van der Waals surface area contributed by atoms with Crippen LogP contribution in [0, 0.1) is 0 Å². The molecule has 0 saturated carbocycles. The largest absolute Gasteiger partial charge is 0.497 e. The molecule has 0 atom stereocenters. The normalized spacial score (nSPS) is 11.1. The lowest BCUT2D eigenvalue weighted by Crippen LogP contribution is -2.15. The highest BCUT2D eigenvalue weighted by atomic mass is 32.2. The van der Waals surface area contributed by atoms with Gasteiger partial charge in [-0.2, -0.15) is 8.42 Å². The lowest BCUT2D eigenvalue weighted by atomic mass is 10.3. The van der Waals surface area contributed by atoms with E-state index in [1.165, 1.54) is 11.8 Å². The minimum absolute atomic E-state index is 0.0518. The van der Waals surface area contributed by atoms with Crippen molar-refractivity contribution in [1.29, 1.82) is 0 Å². The molecule has 6 heteroatoms. The number of hydrogen-bond acceptors (Lipinski definition) is 5. The Morgan fingerprint density at radius 2 is 1.71 bits per heavy atom. The van der Waals surface area contributed by atoms with Crippen molar-refractivity contribution < 1.29 is 17.3 Å². The van der Waals surface area contributed by atoms with Crippen LogP contribution >= 0.6 is 11.8 Å². The third-order valence-electron chi connectivity index (χ3n) is 2.61. The van der Waals surface area contributed by atoms with Crippen LogP contribution in [0.25, 0.3) is 0 Å². The number of benzene rings is 2. The maximum absolute atomic E-state index is 11.9. The summed E-state index contributed by atoms with van der Waals surface area (Å²) in [4.78, 5) is 0.962. The van der Waals surface area contributed by atoms with Gasteiger partial charge in [0.2, 0.25) is 0 Å². The summed E-state index contributed by atoms with van der Waals surface area (Å²) in [6.45, 7) is 0. The van der Waals surface area contributed by atoms with Crippen molar-refractivity contribution in [3.8, 4) is 11.5 Å². The van der Waals surface area contributed by atoms with Gasteiger partial charge in [0.1, 0.15) is 11.5 Å². The summed E-state index contributed by atoms with van der Waals surface area (Å²) in [5.41, 5.74) is 0. The Balaban J connectivity index is 1.87. The zero-order valence-electron chi connectivity index (χ0n) is 11.6. The van der Waals surface area contributed by atoms with E-state index >= 15 is 0 Å². The second-order valence-electron chi connectivity index (χ2n) is 4.19. The fourth-order valence-electron chi connectivity index (χ4n) is 1.62. The van der Waals surface area contributed by atoms with E-state index < -0.39 is 10.1 Å². The Hall–Kier alpha value is -1.66. The predicted octanol–water partition coefficient (Wildman–Crippen LogP) is 3.20. The molecule has 0 aromatic heterocycles. The monoisotopic (exact) mass is 324 g/mol. The number of methoxy groups -OCH3 is 1. The molecular formula is C15H16O4S2. The Morgan fingerprint density at radius 1 is 1.00 bits per heavy atom. The van der Waals surface area contributed by atoms with Crippen LogP contribution in [0.15, 0.2) is 59.5 Å². The molecule has 4 nitrogen and oxygen atoms in total. The number of ether oxygens (including phenoxy) is 1. The summed E-state index contributed by atoms with van der Waals surface area (Å²) in [5, 5.41) is 0. The third kappa shape index (κ3) is 5.32. The smallest absolute Gasteiger partial charge is 0.310 e. The molecule has 0 fully saturated rings. The maximum atomic E-state index is 11.9. The van der Waals surface area contributed by atoms with E-state index in [9.17, 15) is 8.42 Å². The molecule has 0 aliphatic rings. The van der Waals surface area contributed by atoms with Crippen molar-refractivity contribution in [2.45, 2.75) is 4.90 Å². The molecule has 0 saturated heterocycles. The predicted molar refractivity (Wildman–Crippen MR) is 84.6 cm³/mol. The van der Waals surface area contributed by atoms with Gasteiger partial charge in [-0.25, -0.2) is 0 Å². The van der Waals surface area contributed by atoms with Gasteiger partial charge in [0.15, 0.2) is 0 Å². The van der Waals surface area contributed by atoms with E-state index in [2.05, 4.69) is 0 Å². The molecule has 2 rings (SSSR count). The van der Waals surface area contributed by atoms with Crippen LogP contribution in [0.2, 0.25) is 0 Å². The second kappa shape index (κ2) is 7.38. The summed E-state index contributed by atoms with van der Waals surface area (Å²) in [6, 6.07) is 16.0. The number of para-hydroxylation sites is 1. The Morgan fingerprint density at radius 3 is 2.43 bits per heavy atom. The maximum Gasteiger partial charge on any atom is 0.310 e. The van der Waals surface area contributed by atoms with E-state index in [0.29, 0.717) is 11.5 Å². The standard InChI is InChI=1S/C15H16O4S2/c1-18-14-8-5-9-15(12-14)20-10-11-21(16,17)19-13-6-3-2-4-7-13/h2-9,12H,10-11H2,1H3. The van der Waals surface area contributed by atoms with Gasteiger partial charge in [0.05, 0.1) is 12.9 Å². The first kappa shape index (κ1) is 15.7. The molecule has 21 heavy (non-hydrogen) atoms. The van der Waals surface area contributed by atoms with Crippen LogP contribution in [-0.2, 0) is 10.1 Å². The molecule has 112 valence electrons. The van der Waals surface area contributed by atoms with E-state index in [1.807, 2.05) is 24.3 Å². The van der Waals surface area contributed by atoms with Gasteiger partial charge in [0, 0.05) is 10.6 Å². The van der Waals surface area contributed by atoms with Crippen molar-refractivity contribution >= 4 is 21.9 Å². The first-order valence-electron chi connectivity index (χ1n) is 6.33. The number of rotatable bonds is 7. The summed E-state index contributed by atoms with van der Waals surface area (Å²) in [6.07, 6.45) is 0. The molecule has 0 N–H and O–H groups in total. The van der Waals surface area contributed by atoms with Crippen LogP contribution in [0.5, 0.6) is 11.5 Å². The van der Waals surface area contributed by atoms with Crippen LogP contribution in [0.4, 0.5) is 0 Å². The minimum Gasteiger partial charge on any atom is -0.497 e. The lowest BCUT2D eigenvalue weighted by Gasteiger charge is -2.07. The minimum atomic E-state index is -3.57. The van der Waals surface area contributed by atoms with Crippen LogP contribution < -0.4 is 8.92 Å². The number of hydrogen-bond donors (Lipinski definition) is 0. The molecule has 0 aliphatic carbocycles. The first-order chi connectivity index (χ1) is 10.1. The number of thioether (sulfide) groups is 1. The molecule has 0 bridgehead atoms. The van der Waals surface area contributed by atoms with Crippen LogP contribution in [0.3, 0.4) is 0 Å². The van der Waals surface area contributed by atoms with Gasteiger partial charge in [-0.3, -0.25) is 0 Å². The Kier molecular flexibility index (Phi) is 5.52. The fourth-order valence-corrected chi connectivity index (χ4v) is 3.86. The first-order valence-corrected chi connectivity index (χ1v) is 8.89. The quantitative estimate of drug-likeness (QED) is 0.578. The van der Waals surface area contributed by atoms with Crippen molar-refractivity contribution in [3.05, 3.63) is 54.6 Å². The topological polar surface area (TPSA) is 52.6 Å². The summed E-state index contributed by atoms with van der Waals surface area (Å²) in [5.74, 6) is 1.46. The van der Waals surface area contributed by atoms with E-state index in [0.717, 1.165) is 10.6 Å². The average Bonchev–Trinajstić information content (AvgIpc) is 2.48. The molecule has 0 aliphatic heterocycles. The van der Waals surface area contributed by atoms with Crippen molar-refractivity contribution in [2.24, 2.45) is 0 Å². The van der Waals surface area contributed by atoms with E-state index in [-0.39, 0.29) is 5.75 Å². The van der Waals surface area contributed by atoms with Crippen molar-refractivity contribution in [3.63, 3.8) is 0 Å². The molecule has 0 amide bonds. The van der Waals surface area contributed by atoms with Crippen LogP contribution in [-0.4, -0.2) is 27.0 Å². The second-order valence-corrected chi connectivity index (χ2v) is 7.04. The summed E-state index contributed by atoms with van der Waals surface area (Å²) in [7, 11) is -1.97. The van der Waals surface area contributed by atoms with Gasteiger partial charge >= 0.3 is 10.1 Å². The molecule has 2 aromatic rings.